The molecule has 106 valence electrons. The zero-order chi connectivity index (χ0) is 14.5. The normalized spacial score (nSPS) is 17.6. The fourth-order valence-electron chi connectivity index (χ4n) is 1.96. The molecule has 0 spiro atoms. The Balaban J connectivity index is 2.04. The molecule has 0 N–H and O–H groups in total. The highest BCUT2D eigenvalue weighted by molar-refractivity contribution is 6.01. The molecule has 1 atom stereocenters. The third-order valence-corrected chi connectivity index (χ3v) is 3.02. The summed E-state index contributed by atoms with van der Waals surface area (Å²) in [4.78, 5) is 39.7. The van der Waals surface area contributed by atoms with Gasteiger partial charge in [-0.3, -0.25) is 9.59 Å². The molecule has 0 saturated carbocycles. The van der Waals surface area contributed by atoms with Gasteiger partial charge >= 0.3 is 5.97 Å². The number of aldehydes is 1. The first-order valence-electron chi connectivity index (χ1n) is 6.29. The molecule has 1 aliphatic heterocycles. The van der Waals surface area contributed by atoms with Crippen LogP contribution in [0.2, 0.25) is 0 Å². The van der Waals surface area contributed by atoms with Crippen molar-refractivity contribution in [2.24, 2.45) is 0 Å². The van der Waals surface area contributed by atoms with Gasteiger partial charge in [-0.25, -0.2) is 4.79 Å². The van der Waals surface area contributed by atoms with Crippen molar-refractivity contribution in [1.82, 2.24) is 5.06 Å². The maximum absolute atomic E-state index is 12.1. The average Bonchev–Trinajstić information content (AvgIpc) is 3.00. The van der Waals surface area contributed by atoms with E-state index < -0.39 is 18.0 Å². The Morgan fingerprint density at radius 3 is 2.80 bits per heavy atom. The molecule has 1 aromatic rings. The number of carbonyl (C=O) groups excluding carboxylic acids is 3. The predicted octanol–water partition coefficient (Wildman–Crippen LogP) is 1.21. The molecule has 1 amide bonds. The third kappa shape index (κ3) is 3.03. The van der Waals surface area contributed by atoms with Gasteiger partial charge < -0.3 is 9.57 Å². The van der Waals surface area contributed by atoms with Crippen LogP contribution in [0.3, 0.4) is 0 Å². The van der Waals surface area contributed by atoms with Crippen LogP contribution in [-0.2, 0) is 14.4 Å². The molecule has 1 heterocycles. The Morgan fingerprint density at radius 2 is 2.15 bits per heavy atom. The molecule has 20 heavy (non-hydrogen) atoms. The van der Waals surface area contributed by atoms with E-state index in [0.29, 0.717) is 19.3 Å². The van der Waals surface area contributed by atoms with Crippen molar-refractivity contribution in [3.8, 4) is 0 Å². The molecule has 0 radical (unpaired) electrons. The van der Waals surface area contributed by atoms with Crippen molar-refractivity contribution in [2.75, 3.05) is 13.7 Å². The summed E-state index contributed by atoms with van der Waals surface area (Å²) in [6.07, 6.45) is 1.35. The maximum atomic E-state index is 12.1. The standard InChI is InChI=1S/C14H15NO5/c1-15(20-14(18)12-7-4-8-19-12)13(17)11-6-3-2-5-10(11)9-16/h2-3,5-6,9,12H,4,7-8H2,1H3. The van der Waals surface area contributed by atoms with E-state index in [0.717, 1.165) is 11.5 Å². The fraction of sp³-hybridized carbons (Fsp3) is 0.357. The molecule has 0 aromatic heterocycles. The Morgan fingerprint density at radius 1 is 1.40 bits per heavy atom. The van der Waals surface area contributed by atoms with Gasteiger partial charge in [0, 0.05) is 19.2 Å². The van der Waals surface area contributed by atoms with Gasteiger partial charge in [0.15, 0.2) is 12.4 Å². The van der Waals surface area contributed by atoms with Crippen LogP contribution < -0.4 is 0 Å². The number of carbonyl (C=O) groups is 3. The second-order valence-corrected chi connectivity index (χ2v) is 4.42. The minimum atomic E-state index is -0.619. The molecule has 1 unspecified atom stereocenters. The Kier molecular flexibility index (Phi) is 4.47. The van der Waals surface area contributed by atoms with E-state index in [1.54, 1.807) is 12.1 Å². The first-order chi connectivity index (χ1) is 9.63. The van der Waals surface area contributed by atoms with Gasteiger partial charge in [0.25, 0.3) is 5.91 Å². The summed E-state index contributed by atoms with van der Waals surface area (Å²) in [5, 5.41) is 0.826. The summed E-state index contributed by atoms with van der Waals surface area (Å²) >= 11 is 0. The van der Waals surface area contributed by atoms with Gasteiger partial charge in [0.05, 0.1) is 5.56 Å². The van der Waals surface area contributed by atoms with Gasteiger partial charge in [0.1, 0.15) is 0 Å². The molecular formula is C14H15NO5. The lowest BCUT2D eigenvalue weighted by atomic mass is 10.1. The molecule has 6 nitrogen and oxygen atoms in total. The highest BCUT2D eigenvalue weighted by atomic mass is 16.7. The zero-order valence-corrected chi connectivity index (χ0v) is 11.1. The minimum Gasteiger partial charge on any atom is -0.366 e. The highest BCUT2D eigenvalue weighted by Crippen LogP contribution is 2.15. The minimum absolute atomic E-state index is 0.185. The van der Waals surface area contributed by atoms with Crippen molar-refractivity contribution in [3.63, 3.8) is 0 Å². The number of hydroxylamine groups is 2. The second-order valence-electron chi connectivity index (χ2n) is 4.42. The van der Waals surface area contributed by atoms with Crippen LogP contribution in [0.4, 0.5) is 0 Å². The number of amides is 1. The van der Waals surface area contributed by atoms with Crippen molar-refractivity contribution in [2.45, 2.75) is 18.9 Å². The van der Waals surface area contributed by atoms with Gasteiger partial charge in [-0.05, 0) is 18.9 Å². The van der Waals surface area contributed by atoms with E-state index in [9.17, 15) is 14.4 Å². The average molecular weight is 277 g/mol. The number of hydrogen-bond donors (Lipinski definition) is 0. The van der Waals surface area contributed by atoms with Crippen LogP contribution in [0, 0.1) is 0 Å². The lowest BCUT2D eigenvalue weighted by Gasteiger charge is -2.18. The fourth-order valence-corrected chi connectivity index (χ4v) is 1.96. The van der Waals surface area contributed by atoms with Crippen LogP contribution in [0.5, 0.6) is 0 Å². The summed E-state index contributed by atoms with van der Waals surface area (Å²) in [6.45, 7) is 0.519. The number of rotatable bonds is 3. The molecule has 1 aromatic carbocycles. The molecule has 0 bridgehead atoms. The van der Waals surface area contributed by atoms with Gasteiger partial charge in [-0.15, -0.1) is 0 Å². The summed E-state index contributed by atoms with van der Waals surface area (Å²) in [6, 6.07) is 6.31. The van der Waals surface area contributed by atoms with E-state index in [1.165, 1.54) is 19.2 Å². The molecule has 0 aliphatic carbocycles. The lowest BCUT2D eigenvalue weighted by Crippen LogP contribution is -2.35. The Hall–Kier alpha value is -2.21. The first kappa shape index (κ1) is 14.2. The van der Waals surface area contributed by atoms with Crippen molar-refractivity contribution in [3.05, 3.63) is 35.4 Å². The number of benzene rings is 1. The molecule has 1 saturated heterocycles. The molecule has 6 heteroatoms. The lowest BCUT2D eigenvalue weighted by molar-refractivity contribution is -0.183. The summed E-state index contributed by atoms with van der Waals surface area (Å²) in [5.74, 6) is -1.15. The Labute approximate surface area is 116 Å². The van der Waals surface area contributed by atoms with E-state index in [2.05, 4.69) is 0 Å². The zero-order valence-electron chi connectivity index (χ0n) is 11.1. The van der Waals surface area contributed by atoms with Crippen LogP contribution in [0.25, 0.3) is 0 Å². The molecule has 1 aliphatic rings. The smallest absolute Gasteiger partial charge is 0.360 e. The van der Waals surface area contributed by atoms with E-state index >= 15 is 0 Å². The monoisotopic (exact) mass is 277 g/mol. The van der Waals surface area contributed by atoms with Crippen molar-refractivity contribution in [1.29, 1.82) is 0 Å². The van der Waals surface area contributed by atoms with Crippen molar-refractivity contribution >= 4 is 18.2 Å². The molecule has 1 fully saturated rings. The predicted molar refractivity (Wildman–Crippen MR) is 69.0 cm³/mol. The number of nitrogens with zero attached hydrogens (tertiary/aromatic N) is 1. The topological polar surface area (TPSA) is 72.9 Å². The van der Waals surface area contributed by atoms with Crippen LogP contribution in [0.1, 0.15) is 33.6 Å². The van der Waals surface area contributed by atoms with E-state index in [1.807, 2.05) is 0 Å². The van der Waals surface area contributed by atoms with Gasteiger partial charge in [0.2, 0.25) is 0 Å². The quantitative estimate of drug-likeness (QED) is 0.613. The van der Waals surface area contributed by atoms with Crippen molar-refractivity contribution < 1.29 is 24.0 Å². The number of ether oxygens (including phenoxy) is 1. The largest absolute Gasteiger partial charge is 0.366 e. The Bertz CT molecular complexity index is 522. The third-order valence-electron chi connectivity index (χ3n) is 3.02. The SMILES string of the molecule is CN(OC(=O)C1CCCO1)C(=O)c1ccccc1C=O. The van der Waals surface area contributed by atoms with E-state index in [-0.39, 0.29) is 11.1 Å². The van der Waals surface area contributed by atoms with Gasteiger partial charge in [-0.1, -0.05) is 18.2 Å². The first-order valence-corrected chi connectivity index (χ1v) is 6.29. The van der Waals surface area contributed by atoms with Crippen LogP contribution >= 0.6 is 0 Å². The summed E-state index contributed by atoms with van der Waals surface area (Å²) in [5.41, 5.74) is 0.433. The highest BCUT2D eigenvalue weighted by Gasteiger charge is 2.28. The summed E-state index contributed by atoms with van der Waals surface area (Å²) in [7, 11) is 1.33. The van der Waals surface area contributed by atoms with Crippen LogP contribution in [-0.4, -0.2) is 43.0 Å². The van der Waals surface area contributed by atoms with E-state index in [4.69, 9.17) is 9.57 Å². The second kappa shape index (κ2) is 6.29. The maximum Gasteiger partial charge on any atom is 0.360 e. The van der Waals surface area contributed by atoms with Gasteiger partial charge in [-0.2, -0.15) is 5.06 Å². The molecule has 2 rings (SSSR count). The summed E-state index contributed by atoms with van der Waals surface area (Å²) < 4.78 is 5.18. The number of hydrogen-bond acceptors (Lipinski definition) is 5. The molecular weight excluding hydrogens is 262 g/mol. The van der Waals surface area contributed by atoms with Crippen LogP contribution in [0.15, 0.2) is 24.3 Å².